The predicted octanol–water partition coefficient (Wildman–Crippen LogP) is 0.174. The van der Waals surface area contributed by atoms with E-state index in [-0.39, 0.29) is 18.6 Å². The quantitative estimate of drug-likeness (QED) is 0.709. The van der Waals surface area contributed by atoms with Gasteiger partial charge >= 0.3 is 0 Å². The highest BCUT2D eigenvalue weighted by Gasteiger charge is 2.16. The standard InChI is InChI=1S/C14H20N2O3/c17-9-12-3-1-11(2-4-12)8-16-14(18)7-13-10-19-6-5-15-13/h1-4,13,15,17H,5-10H2,(H,16,18). The van der Waals surface area contributed by atoms with Gasteiger partial charge in [-0.3, -0.25) is 4.79 Å². The Labute approximate surface area is 113 Å². The molecule has 0 spiro atoms. The molecule has 0 saturated carbocycles. The molecule has 1 amide bonds. The van der Waals surface area contributed by atoms with Crippen LogP contribution in [-0.4, -0.2) is 36.8 Å². The van der Waals surface area contributed by atoms with Crippen molar-refractivity contribution in [3.8, 4) is 0 Å². The van der Waals surface area contributed by atoms with Crippen molar-refractivity contribution in [3.63, 3.8) is 0 Å². The second-order valence-corrected chi connectivity index (χ2v) is 4.68. The number of hydrogen-bond donors (Lipinski definition) is 3. The Hall–Kier alpha value is -1.43. The van der Waals surface area contributed by atoms with Gasteiger partial charge in [0.2, 0.25) is 5.91 Å². The van der Waals surface area contributed by atoms with Gasteiger partial charge in [-0.15, -0.1) is 0 Å². The summed E-state index contributed by atoms with van der Waals surface area (Å²) < 4.78 is 5.31. The van der Waals surface area contributed by atoms with Crippen molar-refractivity contribution in [3.05, 3.63) is 35.4 Å². The number of rotatable bonds is 5. The van der Waals surface area contributed by atoms with Crippen molar-refractivity contribution in [2.45, 2.75) is 25.6 Å². The number of carbonyl (C=O) groups is 1. The fourth-order valence-corrected chi connectivity index (χ4v) is 2.01. The SMILES string of the molecule is O=C(CC1COCCN1)NCc1ccc(CO)cc1. The molecular weight excluding hydrogens is 244 g/mol. The van der Waals surface area contributed by atoms with E-state index in [0.29, 0.717) is 19.6 Å². The lowest BCUT2D eigenvalue weighted by molar-refractivity contribution is -0.122. The van der Waals surface area contributed by atoms with Crippen LogP contribution in [0.25, 0.3) is 0 Å². The number of carbonyl (C=O) groups excluding carboxylic acids is 1. The monoisotopic (exact) mass is 264 g/mol. The van der Waals surface area contributed by atoms with Crippen LogP contribution in [0.4, 0.5) is 0 Å². The van der Waals surface area contributed by atoms with Crippen LogP contribution in [0.15, 0.2) is 24.3 Å². The van der Waals surface area contributed by atoms with E-state index in [4.69, 9.17) is 9.84 Å². The smallest absolute Gasteiger partial charge is 0.221 e. The van der Waals surface area contributed by atoms with Crippen LogP contribution in [0.2, 0.25) is 0 Å². The normalized spacial score (nSPS) is 19.1. The molecule has 1 saturated heterocycles. The zero-order valence-electron chi connectivity index (χ0n) is 10.9. The van der Waals surface area contributed by atoms with Gasteiger partial charge in [-0.05, 0) is 11.1 Å². The number of ether oxygens (including phenoxy) is 1. The molecule has 5 heteroatoms. The van der Waals surface area contributed by atoms with Crippen LogP contribution in [-0.2, 0) is 22.7 Å². The maximum absolute atomic E-state index is 11.8. The first-order valence-corrected chi connectivity index (χ1v) is 6.54. The first kappa shape index (κ1) is 14.0. The molecule has 104 valence electrons. The Morgan fingerprint density at radius 1 is 1.37 bits per heavy atom. The van der Waals surface area contributed by atoms with Crippen LogP contribution in [0.5, 0.6) is 0 Å². The average Bonchev–Trinajstić information content (AvgIpc) is 2.47. The highest BCUT2D eigenvalue weighted by Crippen LogP contribution is 2.04. The summed E-state index contributed by atoms with van der Waals surface area (Å²) in [5.41, 5.74) is 1.90. The summed E-state index contributed by atoms with van der Waals surface area (Å²) in [6.45, 7) is 2.67. The Bertz CT molecular complexity index is 400. The van der Waals surface area contributed by atoms with E-state index in [2.05, 4.69) is 10.6 Å². The summed E-state index contributed by atoms with van der Waals surface area (Å²) in [5.74, 6) is 0.0224. The molecule has 3 N–H and O–H groups in total. The fourth-order valence-electron chi connectivity index (χ4n) is 2.01. The van der Waals surface area contributed by atoms with Crippen LogP contribution in [0.3, 0.4) is 0 Å². The van der Waals surface area contributed by atoms with Crippen molar-refractivity contribution in [1.82, 2.24) is 10.6 Å². The topological polar surface area (TPSA) is 70.6 Å². The number of amides is 1. The lowest BCUT2D eigenvalue weighted by Gasteiger charge is -2.23. The lowest BCUT2D eigenvalue weighted by atomic mass is 10.1. The van der Waals surface area contributed by atoms with Crippen LogP contribution < -0.4 is 10.6 Å². The fraction of sp³-hybridized carbons (Fsp3) is 0.500. The maximum atomic E-state index is 11.8. The summed E-state index contributed by atoms with van der Waals surface area (Å²) in [4.78, 5) is 11.8. The third-order valence-electron chi connectivity index (χ3n) is 3.13. The molecular formula is C14H20N2O3. The Morgan fingerprint density at radius 3 is 2.74 bits per heavy atom. The molecule has 1 atom stereocenters. The Balaban J connectivity index is 1.72. The molecule has 0 radical (unpaired) electrons. The highest BCUT2D eigenvalue weighted by atomic mass is 16.5. The maximum Gasteiger partial charge on any atom is 0.221 e. The molecule has 0 bridgehead atoms. The van der Waals surface area contributed by atoms with Gasteiger partial charge in [0.1, 0.15) is 0 Å². The van der Waals surface area contributed by atoms with Gasteiger partial charge in [-0.25, -0.2) is 0 Å². The van der Waals surface area contributed by atoms with Crippen molar-refractivity contribution < 1.29 is 14.6 Å². The molecule has 1 aliphatic rings. The van der Waals surface area contributed by atoms with Gasteiger partial charge in [0, 0.05) is 25.6 Å². The summed E-state index contributed by atoms with van der Waals surface area (Å²) in [7, 11) is 0. The van der Waals surface area contributed by atoms with E-state index in [1.165, 1.54) is 0 Å². The Morgan fingerprint density at radius 2 is 2.11 bits per heavy atom. The number of nitrogens with one attached hydrogen (secondary N) is 2. The van der Waals surface area contributed by atoms with Crippen LogP contribution in [0.1, 0.15) is 17.5 Å². The van der Waals surface area contributed by atoms with E-state index < -0.39 is 0 Å². The molecule has 0 aliphatic carbocycles. The van der Waals surface area contributed by atoms with Gasteiger partial charge in [-0.1, -0.05) is 24.3 Å². The largest absolute Gasteiger partial charge is 0.392 e. The van der Waals surface area contributed by atoms with E-state index in [9.17, 15) is 4.79 Å². The number of hydrogen-bond acceptors (Lipinski definition) is 4. The van der Waals surface area contributed by atoms with E-state index in [1.54, 1.807) is 0 Å². The van der Waals surface area contributed by atoms with Crippen molar-refractivity contribution >= 4 is 5.91 Å². The molecule has 2 rings (SSSR count). The zero-order valence-corrected chi connectivity index (χ0v) is 10.9. The average molecular weight is 264 g/mol. The highest BCUT2D eigenvalue weighted by molar-refractivity contribution is 5.76. The number of aliphatic hydroxyl groups excluding tert-OH is 1. The third kappa shape index (κ3) is 4.63. The summed E-state index contributed by atoms with van der Waals surface area (Å²) in [6, 6.07) is 7.66. The first-order chi connectivity index (χ1) is 9.28. The van der Waals surface area contributed by atoms with Crippen molar-refractivity contribution in [2.24, 2.45) is 0 Å². The third-order valence-corrected chi connectivity index (χ3v) is 3.13. The van der Waals surface area contributed by atoms with E-state index >= 15 is 0 Å². The molecule has 5 nitrogen and oxygen atoms in total. The molecule has 19 heavy (non-hydrogen) atoms. The minimum atomic E-state index is 0.0224. The molecule has 1 fully saturated rings. The number of morpholine rings is 1. The van der Waals surface area contributed by atoms with Gasteiger partial charge in [-0.2, -0.15) is 0 Å². The molecule has 1 aromatic rings. The first-order valence-electron chi connectivity index (χ1n) is 6.54. The summed E-state index contributed by atoms with van der Waals surface area (Å²) >= 11 is 0. The van der Waals surface area contributed by atoms with Crippen LogP contribution >= 0.6 is 0 Å². The summed E-state index contributed by atoms with van der Waals surface area (Å²) in [5, 5.41) is 15.1. The minimum Gasteiger partial charge on any atom is -0.392 e. The molecule has 0 aromatic heterocycles. The molecule has 1 aromatic carbocycles. The minimum absolute atomic E-state index is 0.0224. The number of benzene rings is 1. The second-order valence-electron chi connectivity index (χ2n) is 4.68. The van der Waals surface area contributed by atoms with Gasteiger partial charge in [0.15, 0.2) is 0 Å². The lowest BCUT2D eigenvalue weighted by Crippen LogP contribution is -2.44. The number of aliphatic hydroxyl groups is 1. The zero-order chi connectivity index (χ0) is 13.5. The summed E-state index contributed by atoms with van der Waals surface area (Å²) in [6.07, 6.45) is 0.439. The second kappa shape index (κ2) is 7.23. The molecule has 1 unspecified atom stereocenters. The van der Waals surface area contributed by atoms with Crippen molar-refractivity contribution in [2.75, 3.05) is 19.8 Å². The van der Waals surface area contributed by atoms with Gasteiger partial charge < -0.3 is 20.5 Å². The van der Waals surface area contributed by atoms with E-state index in [0.717, 1.165) is 24.3 Å². The van der Waals surface area contributed by atoms with Crippen molar-refractivity contribution in [1.29, 1.82) is 0 Å². The van der Waals surface area contributed by atoms with Gasteiger partial charge in [0.05, 0.1) is 19.8 Å². The predicted molar refractivity (Wildman–Crippen MR) is 71.4 cm³/mol. The molecule has 1 aliphatic heterocycles. The van der Waals surface area contributed by atoms with Gasteiger partial charge in [0.25, 0.3) is 0 Å². The Kier molecular flexibility index (Phi) is 5.32. The van der Waals surface area contributed by atoms with E-state index in [1.807, 2.05) is 24.3 Å². The molecule has 1 heterocycles. The van der Waals surface area contributed by atoms with Crippen LogP contribution in [0, 0.1) is 0 Å².